The highest BCUT2D eigenvalue weighted by Gasteiger charge is 2.23. The fourth-order valence-electron chi connectivity index (χ4n) is 4.80. The van der Waals surface area contributed by atoms with Crippen LogP contribution in [0.4, 0.5) is 0 Å². The molecule has 186 valence electrons. The molecule has 3 rings (SSSR count). The van der Waals surface area contributed by atoms with Gasteiger partial charge in [-0.05, 0) is 75.8 Å². The van der Waals surface area contributed by atoms with Gasteiger partial charge in [-0.1, -0.05) is 0 Å². The highest BCUT2D eigenvalue weighted by atomic mass is 16.2. The number of rotatable bonds is 7. The van der Waals surface area contributed by atoms with E-state index in [1.165, 1.54) is 16.8 Å². The molecule has 1 aliphatic rings. The predicted octanol–water partition coefficient (Wildman–Crippen LogP) is 2.63. The summed E-state index contributed by atoms with van der Waals surface area (Å²) in [6.07, 6.45) is 8.40. The molecule has 0 radical (unpaired) electrons. The number of hydrogen-bond acceptors (Lipinski definition) is 5. The Morgan fingerprint density at radius 2 is 1.97 bits per heavy atom. The number of aromatic nitrogens is 3. The third kappa shape index (κ3) is 7.38. The summed E-state index contributed by atoms with van der Waals surface area (Å²) in [7, 11) is 3.88. The maximum Gasteiger partial charge on any atom is 0.225 e. The quantitative estimate of drug-likeness (QED) is 0.675. The third-order valence-corrected chi connectivity index (χ3v) is 6.96. The first-order chi connectivity index (χ1) is 16.3. The molecule has 8 heteroatoms. The average Bonchev–Trinajstić information content (AvgIpc) is 3.04. The molecule has 1 fully saturated rings. The molecule has 2 aromatic heterocycles. The number of carbonyl (C=O) groups excluding carboxylic acids is 2. The van der Waals surface area contributed by atoms with E-state index in [0.29, 0.717) is 19.4 Å². The van der Waals surface area contributed by atoms with Crippen molar-refractivity contribution in [3.05, 3.63) is 47.0 Å². The fraction of sp³-hybridized carbons (Fsp3) is 0.615. The Kier molecular flexibility index (Phi) is 9.62. The van der Waals surface area contributed by atoms with Crippen LogP contribution in [-0.4, -0.2) is 69.6 Å². The van der Waals surface area contributed by atoms with Gasteiger partial charge in [0.05, 0.1) is 5.69 Å². The minimum atomic E-state index is -0.0620. The molecular formula is C26H40N6O2. The highest BCUT2D eigenvalue weighted by Crippen LogP contribution is 2.18. The second kappa shape index (κ2) is 12.6. The number of amides is 2. The van der Waals surface area contributed by atoms with Gasteiger partial charge >= 0.3 is 0 Å². The van der Waals surface area contributed by atoms with Crippen molar-refractivity contribution in [3.8, 4) is 0 Å². The Morgan fingerprint density at radius 1 is 1.21 bits per heavy atom. The summed E-state index contributed by atoms with van der Waals surface area (Å²) < 4.78 is 1.93. The number of carbonyl (C=O) groups is 2. The van der Waals surface area contributed by atoms with Crippen LogP contribution in [0.25, 0.3) is 0 Å². The first kappa shape index (κ1) is 25.9. The zero-order chi connectivity index (χ0) is 24.5. The maximum absolute atomic E-state index is 13.3. The smallest absolute Gasteiger partial charge is 0.225 e. The molecule has 0 bridgehead atoms. The normalized spacial score (nSPS) is 18.2. The SMILES string of the molecule is Cc1nn(C)c(C)c1CCCN(C)C(=O)C1CCCN(Cc2ccncc2)CCC(=O)NCC1. The molecule has 2 aromatic rings. The van der Waals surface area contributed by atoms with E-state index in [4.69, 9.17) is 0 Å². The molecule has 0 spiro atoms. The van der Waals surface area contributed by atoms with Crippen molar-refractivity contribution in [2.45, 2.75) is 58.9 Å². The molecule has 1 N–H and O–H groups in total. The molecule has 3 heterocycles. The van der Waals surface area contributed by atoms with E-state index in [-0.39, 0.29) is 17.7 Å². The Balaban J connectivity index is 1.54. The molecule has 0 saturated carbocycles. The zero-order valence-electron chi connectivity index (χ0n) is 21.2. The van der Waals surface area contributed by atoms with Crippen molar-refractivity contribution in [1.29, 1.82) is 0 Å². The molecular weight excluding hydrogens is 428 g/mol. The number of pyridine rings is 1. The summed E-state index contributed by atoms with van der Waals surface area (Å²) >= 11 is 0. The van der Waals surface area contributed by atoms with E-state index in [1.54, 1.807) is 12.4 Å². The van der Waals surface area contributed by atoms with Crippen LogP contribution in [0.2, 0.25) is 0 Å². The van der Waals surface area contributed by atoms with E-state index < -0.39 is 0 Å². The van der Waals surface area contributed by atoms with E-state index in [9.17, 15) is 9.59 Å². The summed E-state index contributed by atoms with van der Waals surface area (Å²) in [4.78, 5) is 33.8. The molecule has 1 saturated heterocycles. The van der Waals surface area contributed by atoms with Crippen molar-refractivity contribution in [1.82, 2.24) is 29.9 Å². The van der Waals surface area contributed by atoms with Crippen LogP contribution in [0.5, 0.6) is 0 Å². The summed E-state index contributed by atoms with van der Waals surface area (Å²) in [5, 5.41) is 7.51. The third-order valence-electron chi connectivity index (χ3n) is 6.96. The number of nitrogens with one attached hydrogen (secondary N) is 1. The van der Waals surface area contributed by atoms with Gasteiger partial charge in [0.1, 0.15) is 0 Å². The minimum Gasteiger partial charge on any atom is -0.356 e. The Bertz CT molecular complexity index is 942. The van der Waals surface area contributed by atoms with Crippen molar-refractivity contribution < 1.29 is 9.59 Å². The van der Waals surface area contributed by atoms with Crippen LogP contribution in [-0.2, 0) is 29.6 Å². The van der Waals surface area contributed by atoms with Crippen LogP contribution in [0.15, 0.2) is 24.5 Å². The molecule has 1 aliphatic heterocycles. The second-order valence-electron chi connectivity index (χ2n) is 9.50. The van der Waals surface area contributed by atoms with Crippen LogP contribution in [0.1, 0.15) is 54.6 Å². The standard InChI is InChI=1S/C26H40N6O2/c1-20-24(21(2)31(4)29-20)8-6-16-30(3)26(34)23-7-5-17-32(18-12-25(33)28-15-11-23)19-22-9-13-27-14-10-22/h9-10,13-14,23H,5-8,11-12,15-19H2,1-4H3,(H,28,33). The molecule has 0 aromatic carbocycles. The van der Waals surface area contributed by atoms with Gasteiger partial charge in [-0.25, -0.2) is 0 Å². The van der Waals surface area contributed by atoms with Gasteiger partial charge in [-0.15, -0.1) is 0 Å². The lowest BCUT2D eigenvalue weighted by molar-refractivity contribution is -0.135. The monoisotopic (exact) mass is 468 g/mol. The fourth-order valence-corrected chi connectivity index (χ4v) is 4.80. The van der Waals surface area contributed by atoms with Gasteiger partial charge in [-0.2, -0.15) is 5.10 Å². The van der Waals surface area contributed by atoms with Crippen molar-refractivity contribution in [2.24, 2.45) is 13.0 Å². The predicted molar refractivity (Wildman–Crippen MR) is 133 cm³/mol. The van der Waals surface area contributed by atoms with E-state index in [0.717, 1.165) is 57.6 Å². The van der Waals surface area contributed by atoms with Gasteiger partial charge in [-0.3, -0.25) is 24.2 Å². The first-order valence-corrected chi connectivity index (χ1v) is 12.5. The molecule has 8 nitrogen and oxygen atoms in total. The molecule has 1 atom stereocenters. The van der Waals surface area contributed by atoms with Crippen LogP contribution >= 0.6 is 0 Å². The topological polar surface area (TPSA) is 83.4 Å². The number of aryl methyl sites for hydroxylation is 2. The highest BCUT2D eigenvalue weighted by molar-refractivity contribution is 5.79. The van der Waals surface area contributed by atoms with E-state index >= 15 is 0 Å². The van der Waals surface area contributed by atoms with Gasteiger partial charge in [0.25, 0.3) is 0 Å². The summed E-state index contributed by atoms with van der Waals surface area (Å²) in [5.41, 5.74) is 4.75. The maximum atomic E-state index is 13.3. The molecule has 2 amide bonds. The number of nitrogens with zero attached hydrogens (tertiary/aromatic N) is 5. The largest absolute Gasteiger partial charge is 0.356 e. The van der Waals surface area contributed by atoms with Crippen LogP contribution < -0.4 is 5.32 Å². The summed E-state index contributed by atoms with van der Waals surface area (Å²) in [6.45, 7) is 7.82. The first-order valence-electron chi connectivity index (χ1n) is 12.5. The van der Waals surface area contributed by atoms with Gasteiger partial charge in [0.15, 0.2) is 0 Å². The van der Waals surface area contributed by atoms with Gasteiger partial charge in [0.2, 0.25) is 11.8 Å². The van der Waals surface area contributed by atoms with Gasteiger partial charge < -0.3 is 10.2 Å². The van der Waals surface area contributed by atoms with E-state index in [2.05, 4.69) is 27.2 Å². The molecule has 1 unspecified atom stereocenters. The van der Waals surface area contributed by atoms with Gasteiger partial charge in [0, 0.05) is 70.7 Å². The molecule has 34 heavy (non-hydrogen) atoms. The summed E-state index contributed by atoms with van der Waals surface area (Å²) in [5.74, 6) is 0.185. The molecule has 0 aliphatic carbocycles. The lowest BCUT2D eigenvalue weighted by Gasteiger charge is -2.25. The Morgan fingerprint density at radius 3 is 2.68 bits per heavy atom. The second-order valence-corrected chi connectivity index (χ2v) is 9.50. The summed E-state index contributed by atoms with van der Waals surface area (Å²) in [6, 6.07) is 4.03. The van der Waals surface area contributed by atoms with Crippen LogP contribution in [0.3, 0.4) is 0 Å². The van der Waals surface area contributed by atoms with Crippen molar-refractivity contribution in [3.63, 3.8) is 0 Å². The van der Waals surface area contributed by atoms with Crippen molar-refractivity contribution >= 4 is 11.8 Å². The minimum absolute atomic E-state index is 0.0587. The van der Waals surface area contributed by atoms with Crippen molar-refractivity contribution in [2.75, 3.05) is 33.2 Å². The Labute approximate surface area is 203 Å². The van der Waals surface area contributed by atoms with Crippen LogP contribution in [0, 0.1) is 19.8 Å². The lowest BCUT2D eigenvalue weighted by Crippen LogP contribution is -2.36. The zero-order valence-corrected chi connectivity index (χ0v) is 21.2. The van der Waals surface area contributed by atoms with E-state index in [1.807, 2.05) is 42.7 Å². The average molecular weight is 469 g/mol. The lowest BCUT2D eigenvalue weighted by atomic mass is 9.97. The Hall–Kier alpha value is -2.74. The number of hydrogen-bond donors (Lipinski definition) is 1.